The highest BCUT2D eigenvalue weighted by molar-refractivity contribution is 6.06. The van der Waals surface area contributed by atoms with Crippen molar-refractivity contribution in [1.82, 2.24) is 9.55 Å². The topological polar surface area (TPSA) is 119 Å². The van der Waals surface area contributed by atoms with Crippen molar-refractivity contribution in [3.8, 4) is 34.5 Å². The molecule has 0 spiro atoms. The van der Waals surface area contributed by atoms with E-state index in [0.717, 1.165) is 6.07 Å². The standard InChI is InChI=1S/C35H33F2N3O8/c1-3-44-27-12-14-40(23-8-5-21(36)6-9-23)35(42)31(27)34(41)39-22-7-10-26(24(37)19-22)48-28-11-13-38-25-20-29(45-16-4-15-43-2)32-33(30(25)28)47-18-17-46-32/h5,7-14,19-21H,3-4,6,15-18H2,1-2H3,(H,39,41). The minimum absolute atomic E-state index is 0.0584. The van der Waals surface area contributed by atoms with Crippen LogP contribution in [0.1, 0.15) is 30.1 Å². The number of hydrogen-bond donors (Lipinski definition) is 1. The molecule has 4 aromatic rings. The summed E-state index contributed by atoms with van der Waals surface area (Å²) >= 11 is 0. The lowest BCUT2D eigenvalue weighted by Gasteiger charge is -2.23. The first-order valence-electron chi connectivity index (χ1n) is 15.4. The van der Waals surface area contributed by atoms with Crippen LogP contribution in [0.15, 0.2) is 71.8 Å². The average molecular weight is 662 g/mol. The molecule has 2 aromatic heterocycles. The number of aromatic nitrogens is 2. The number of nitrogens with zero attached hydrogens (tertiary/aromatic N) is 2. The van der Waals surface area contributed by atoms with Gasteiger partial charge in [0.2, 0.25) is 5.75 Å². The van der Waals surface area contributed by atoms with Crippen molar-refractivity contribution in [2.75, 3.05) is 45.5 Å². The molecule has 0 saturated heterocycles. The van der Waals surface area contributed by atoms with E-state index in [1.165, 1.54) is 47.3 Å². The van der Waals surface area contributed by atoms with Gasteiger partial charge in [0.25, 0.3) is 11.5 Å². The molecule has 1 atom stereocenters. The summed E-state index contributed by atoms with van der Waals surface area (Å²) in [7, 11) is 1.62. The Hall–Kier alpha value is -5.43. The Bertz CT molecular complexity index is 1960. The summed E-state index contributed by atoms with van der Waals surface area (Å²) < 4.78 is 64.8. The lowest BCUT2D eigenvalue weighted by Crippen LogP contribution is -2.29. The van der Waals surface area contributed by atoms with Crippen molar-refractivity contribution in [3.63, 3.8) is 0 Å². The Kier molecular flexibility index (Phi) is 9.86. The van der Waals surface area contributed by atoms with Crippen LogP contribution in [0.3, 0.4) is 0 Å². The van der Waals surface area contributed by atoms with Gasteiger partial charge in [0.15, 0.2) is 23.1 Å². The second-order valence-electron chi connectivity index (χ2n) is 10.7. The van der Waals surface area contributed by atoms with Crippen LogP contribution in [0, 0.1) is 5.82 Å². The maximum Gasteiger partial charge on any atom is 0.271 e. The van der Waals surface area contributed by atoms with Crippen LogP contribution in [0.4, 0.5) is 14.5 Å². The van der Waals surface area contributed by atoms with E-state index in [-0.39, 0.29) is 48.1 Å². The SMILES string of the molecule is CCOc1ccn(C2=CCC(F)C=C2)c(=O)c1C(=O)Nc1ccc(Oc2ccnc3cc(OCCCOC)c4c(c23)OCCO4)c(F)c1. The third-order valence-electron chi connectivity index (χ3n) is 7.49. The van der Waals surface area contributed by atoms with Crippen molar-refractivity contribution < 1.29 is 42.0 Å². The second-order valence-corrected chi connectivity index (χ2v) is 10.7. The first-order chi connectivity index (χ1) is 23.4. The fraction of sp³-hybridized carbons (Fsp3) is 0.286. The van der Waals surface area contributed by atoms with Gasteiger partial charge in [-0.25, -0.2) is 8.78 Å². The molecule has 3 heterocycles. The maximum absolute atomic E-state index is 15.5. The van der Waals surface area contributed by atoms with Gasteiger partial charge in [-0.2, -0.15) is 0 Å². The number of alkyl halides is 1. The van der Waals surface area contributed by atoms with E-state index in [4.69, 9.17) is 28.4 Å². The number of benzene rings is 2. The Labute approximate surface area is 274 Å². The molecule has 1 aliphatic heterocycles. The molecule has 1 unspecified atom stereocenters. The number of carbonyl (C=O) groups excluding carboxylic acids is 1. The first-order valence-corrected chi connectivity index (χ1v) is 15.4. The monoisotopic (exact) mass is 661 g/mol. The maximum atomic E-state index is 15.5. The van der Waals surface area contributed by atoms with E-state index in [9.17, 15) is 14.0 Å². The molecule has 2 aliphatic rings. The number of ether oxygens (including phenoxy) is 6. The van der Waals surface area contributed by atoms with Crippen molar-refractivity contribution in [2.45, 2.75) is 25.9 Å². The number of nitrogens with one attached hydrogen (secondary N) is 1. The molecule has 0 fully saturated rings. The van der Waals surface area contributed by atoms with Crippen molar-refractivity contribution in [3.05, 3.63) is 88.8 Å². The van der Waals surface area contributed by atoms with Crippen LogP contribution in [0.5, 0.6) is 34.5 Å². The molecule has 48 heavy (non-hydrogen) atoms. The molecule has 11 nitrogen and oxygen atoms in total. The average Bonchev–Trinajstić information content (AvgIpc) is 3.08. The molecular weight excluding hydrogens is 628 g/mol. The minimum Gasteiger partial charge on any atom is -0.493 e. The normalized spacial score (nSPS) is 15.2. The Balaban J connectivity index is 1.26. The molecule has 13 heteroatoms. The zero-order valence-corrected chi connectivity index (χ0v) is 26.3. The van der Waals surface area contributed by atoms with Crippen molar-refractivity contribution in [1.29, 1.82) is 0 Å². The molecule has 2 aromatic carbocycles. The minimum atomic E-state index is -1.15. The number of anilines is 1. The highest BCUT2D eigenvalue weighted by Crippen LogP contribution is 2.48. The van der Waals surface area contributed by atoms with Crippen LogP contribution < -0.4 is 34.6 Å². The zero-order valence-electron chi connectivity index (χ0n) is 26.3. The summed E-state index contributed by atoms with van der Waals surface area (Å²) in [5, 5.41) is 3.05. The van der Waals surface area contributed by atoms with Gasteiger partial charge < -0.3 is 33.7 Å². The van der Waals surface area contributed by atoms with Gasteiger partial charge in [0.1, 0.15) is 36.4 Å². The van der Waals surface area contributed by atoms with Gasteiger partial charge in [0, 0.05) is 62.5 Å². The molecule has 1 aliphatic carbocycles. The van der Waals surface area contributed by atoms with Gasteiger partial charge in [-0.15, -0.1) is 0 Å². The molecule has 6 rings (SSSR count). The lowest BCUT2D eigenvalue weighted by molar-refractivity contribution is 0.102. The highest BCUT2D eigenvalue weighted by atomic mass is 19.1. The molecule has 0 bridgehead atoms. The molecule has 1 N–H and O–H groups in total. The summed E-state index contributed by atoms with van der Waals surface area (Å²) in [5.74, 6) is -0.170. The summed E-state index contributed by atoms with van der Waals surface area (Å²) in [5.41, 5.74) is 0.0310. The van der Waals surface area contributed by atoms with Crippen molar-refractivity contribution >= 4 is 28.2 Å². The number of rotatable bonds is 12. The fourth-order valence-electron chi connectivity index (χ4n) is 5.29. The smallest absolute Gasteiger partial charge is 0.271 e. The molecule has 0 radical (unpaired) electrons. The fourth-order valence-corrected chi connectivity index (χ4v) is 5.29. The van der Waals surface area contributed by atoms with E-state index < -0.39 is 23.5 Å². The number of allylic oxidation sites excluding steroid dienone is 4. The van der Waals surface area contributed by atoms with Gasteiger partial charge >= 0.3 is 0 Å². The second kappa shape index (κ2) is 14.6. The summed E-state index contributed by atoms with van der Waals surface area (Å²) in [6, 6.07) is 8.64. The van der Waals surface area contributed by atoms with Crippen LogP contribution in [-0.4, -0.2) is 61.8 Å². The number of methoxy groups -OCH3 is 1. The molecule has 1 amide bonds. The largest absolute Gasteiger partial charge is 0.493 e. The summed E-state index contributed by atoms with van der Waals surface area (Å²) in [6.45, 7) is 3.45. The van der Waals surface area contributed by atoms with Gasteiger partial charge in [-0.3, -0.25) is 19.1 Å². The van der Waals surface area contributed by atoms with Crippen LogP contribution in [0.2, 0.25) is 0 Å². The highest BCUT2D eigenvalue weighted by Gasteiger charge is 2.26. The molecule has 250 valence electrons. The Morgan fingerprint density at radius 3 is 2.62 bits per heavy atom. The number of hydrogen-bond acceptors (Lipinski definition) is 9. The van der Waals surface area contributed by atoms with Gasteiger partial charge in [-0.05, 0) is 43.3 Å². The summed E-state index contributed by atoms with van der Waals surface area (Å²) in [6.07, 6.45) is 6.99. The number of fused-ring (bicyclic) bond motifs is 3. The van der Waals surface area contributed by atoms with Crippen LogP contribution in [0.25, 0.3) is 16.6 Å². The number of carbonyl (C=O) groups is 1. The first kappa shape index (κ1) is 32.5. The van der Waals surface area contributed by atoms with E-state index >= 15 is 4.39 Å². The lowest BCUT2D eigenvalue weighted by atomic mass is 10.1. The van der Waals surface area contributed by atoms with Crippen LogP contribution in [-0.2, 0) is 4.74 Å². The Morgan fingerprint density at radius 1 is 1.04 bits per heavy atom. The van der Waals surface area contributed by atoms with E-state index in [1.807, 2.05) is 0 Å². The zero-order chi connectivity index (χ0) is 33.6. The van der Waals surface area contributed by atoms with E-state index in [2.05, 4.69) is 10.3 Å². The van der Waals surface area contributed by atoms with E-state index in [0.29, 0.717) is 60.1 Å². The van der Waals surface area contributed by atoms with Crippen LogP contribution >= 0.6 is 0 Å². The predicted molar refractivity (Wildman–Crippen MR) is 174 cm³/mol. The quantitative estimate of drug-likeness (QED) is 0.174. The molecular formula is C35H33F2N3O8. The van der Waals surface area contributed by atoms with Gasteiger partial charge in [0.05, 0.1) is 24.1 Å². The Morgan fingerprint density at radius 2 is 1.88 bits per heavy atom. The van der Waals surface area contributed by atoms with Crippen molar-refractivity contribution in [2.24, 2.45) is 0 Å². The number of halogens is 2. The molecule has 0 saturated carbocycles. The summed E-state index contributed by atoms with van der Waals surface area (Å²) in [4.78, 5) is 31.3. The number of amides is 1. The van der Waals surface area contributed by atoms with E-state index in [1.54, 1.807) is 32.2 Å². The third kappa shape index (κ3) is 6.81. The number of pyridine rings is 2. The third-order valence-corrected chi connectivity index (χ3v) is 7.49. The predicted octanol–water partition coefficient (Wildman–Crippen LogP) is 6.30. The van der Waals surface area contributed by atoms with Gasteiger partial charge in [-0.1, -0.05) is 6.08 Å².